The van der Waals surface area contributed by atoms with E-state index in [2.05, 4.69) is 0 Å². The number of cyclic esters (lactones) is 1. The van der Waals surface area contributed by atoms with Gasteiger partial charge < -0.3 is 29.5 Å². The molecule has 1 aromatic carbocycles. The van der Waals surface area contributed by atoms with Gasteiger partial charge in [-0.15, -0.1) is 0 Å². The molecule has 1 fully saturated rings. The van der Waals surface area contributed by atoms with E-state index in [-0.39, 0.29) is 24.2 Å². The summed E-state index contributed by atoms with van der Waals surface area (Å²) >= 11 is 0. The van der Waals surface area contributed by atoms with Gasteiger partial charge in [-0.2, -0.15) is 0 Å². The zero-order valence-electron chi connectivity index (χ0n) is 15.0. The normalized spacial score (nSPS) is 32.5. The number of carbonyl (C=O) groups excluding carboxylic acids is 2. The number of carbonyl (C=O) groups is 2. The van der Waals surface area contributed by atoms with Crippen LogP contribution in [0.2, 0.25) is 0 Å². The molecule has 0 saturated carbocycles. The van der Waals surface area contributed by atoms with E-state index in [1.165, 1.54) is 19.3 Å². The molecule has 0 aliphatic carbocycles. The molecule has 0 radical (unpaired) electrons. The average molecular weight is 378 g/mol. The quantitative estimate of drug-likeness (QED) is 0.489. The van der Waals surface area contributed by atoms with Crippen LogP contribution in [0.4, 0.5) is 0 Å². The Morgan fingerprint density at radius 3 is 2.67 bits per heavy atom. The van der Waals surface area contributed by atoms with Crippen molar-refractivity contribution in [1.82, 2.24) is 0 Å². The third-order valence-electron chi connectivity index (χ3n) is 4.64. The molecule has 3 rings (SSSR count). The minimum Gasteiger partial charge on any atom is -0.507 e. The number of ketones is 1. The highest BCUT2D eigenvalue weighted by Crippen LogP contribution is 2.46. The first kappa shape index (κ1) is 19.3. The highest BCUT2D eigenvalue weighted by atomic mass is 16.6. The number of ether oxygens (including phenoxy) is 3. The molecular weight excluding hydrogens is 356 g/mol. The second kappa shape index (κ2) is 7.67. The maximum Gasteiger partial charge on any atom is 0.342 e. The largest absolute Gasteiger partial charge is 0.507 e. The number of aliphatic hydroxyl groups is 2. The van der Waals surface area contributed by atoms with E-state index in [0.717, 1.165) is 6.08 Å². The summed E-state index contributed by atoms with van der Waals surface area (Å²) in [6, 6.07) is 2.87. The lowest BCUT2D eigenvalue weighted by molar-refractivity contribution is -0.128. The molecule has 0 bridgehead atoms. The van der Waals surface area contributed by atoms with Crippen molar-refractivity contribution in [3.05, 3.63) is 35.4 Å². The van der Waals surface area contributed by atoms with Crippen molar-refractivity contribution in [3.63, 3.8) is 0 Å². The lowest BCUT2D eigenvalue weighted by Crippen LogP contribution is -2.34. The number of fused-ring (bicyclic) bond motifs is 3. The van der Waals surface area contributed by atoms with Gasteiger partial charge in [-0.1, -0.05) is 6.08 Å². The fraction of sp³-hybridized carbons (Fsp3) is 0.474. The molecule has 3 N–H and O–H groups in total. The van der Waals surface area contributed by atoms with Gasteiger partial charge in [0.05, 0.1) is 19.3 Å². The first-order chi connectivity index (χ1) is 12.8. The third-order valence-corrected chi connectivity index (χ3v) is 4.64. The van der Waals surface area contributed by atoms with Crippen molar-refractivity contribution < 1.29 is 39.1 Å². The van der Waals surface area contributed by atoms with Crippen LogP contribution in [0, 0.1) is 0 Å². The number of aliphatic hydroxyl groups excluding tert-OH is 2. The number of aromatic hydroxyl groups is 1. The Labute approximate surface area is 156 Å². The van der Waals surface area contributed by atoms with Gasteiger partial charge >= 0.3 is 5.97 Å². The molecular formula is C19H22O8. The molecule has 146 valence electrons. The Balaban J connectivity index is 1.98. The number of phenolic OH excluding ortho intramolecular Hbond substituents is 1. The molecule has 27 heavy (non-hydrogen) atoms. The summed E-state index contributed by atoms with van der Waals surface area (Å²) in [6.07, 6.45) is -1.72. The van der Waals surface area contributed by atoms with Gasteiger partial charge in [-0.3, -0.25) is 4.79 Å². The van der Waals surface area contributed by atoms with E-state index in [4.69, 9.17) is 14.2 Å². The van der Waals surface area contributed by atoms with Gasteiger partial charge in [0.25, 0.3) is 0 Å². The van der Waals surface area contributed by atoms with Crippen molar-refractivity contribution >= 4 is 11.8 Å². The highest BCUT2D eigenvalue weighted by Gasteiger charge is 2.46. The molecule has 0 spiro atoms. The van der Waals surface area contributed by atoms with E-state index in [0.29, 0.717) is 11.3 Å². The third kappa shape index (κ3) is 4.13. The summed E-state index contributed by atoms with van der Waals surface area (Å²) in [6.45, 7) is 1.64. The molecule has 1 aromatic rings. The molecule has 0 amide bonds. The van der Waals surface area contributed by atoms with Crippen LogP contribution < -0.4 is 4.74 Å². The number of methoxy groups -OCH3 is 1. The van der Waals surface area contributed by atoms with Crippen LogP contribution in [-0.2, 0) is 14.3 Å². The molecule has 1 unspecified atom stereocenters. The van der Waals surface area contributed by atoms with E-state index in [9.17, 15) is 24.9 Å². The predicted octanol–water partition coefficient (Wildman–Crippen LogP) is 1.03. The zero-order chi connectivity index (χ0) is 19.7. The number of benzene rings is 1. The Kier molecular flexibility index (Phi) is 5.50. The fourth-order valence-electron chi connectivity index (χ4n) is 3.10. The monoisotopic (exact) mass is 378 g/mol. The average Bonchev–Trinajstić information content (AvgIpc) is 3.38. The minimum absolute atomic E-state index is 0.00568. The first-order valence-electron chi connectivity index (χ1n) is 8.65. The maximum absolute atomic E-state index is 12.6. The number of rotatable bonds is 1. The van der Waals surface area contributed by atoms with Crippen molar-refractivity contribution in [2.45, 2.75) is 50.3 Å². The van der Waals surface area contributed by atoms with E-state index in [1.807, 2.05) is 0 Å². The van der Waals surface area contributed by atoms with Gasteiger partial charge in [0.15, 0.2) is 5.78 Å². The van der Waals surface area contributed by atoms with Crippen LogP contribution in [0.15, 0.2) is 24.3 Å². The molecule has 8 nitrogen and oxygen atoms in total. The molecule has 0 aromatic heterocycles. The summed E-state index contributed by atoms with van der Waals surface area (Å²) in [5.41, 5.74) is 0.344. The molecule has 2 aliphatic heterocycles. The van der Waals surface area contributed by atoms with Gasteiger partial charge in [-0.25, -0.2) is 4.79 Å². The summed E-state index contributed by atoms with van der Waals surface area (Å²) in [7, 11) is 1.42. The second-order valence-corrected chi connectivity index (χ2v) is 6.71. The van der Waals surface area contributed by atoms with Crippen molar-refractivity contribution in [2.75, 3.05) is 7.11 Å². The van der Waals surface area contributed by atoms with Crippen LogP contribution >= 0.6 is 0 Å². The van der Waals surface area contributed by atoms with Gasteiger partial charge in [-0.05, 0) is 19.1 Å². The number of phenols is 1. The highest BCUT2D eigenvalue weighted by molar-refractivity contribution is 5.95. The number of hydrogen-bond acceptors (Lipinski definition) is 8. The molecule has 8 heteroatoms. The van der Waals surface area contributed by atoms with Crippen LogP contribution in [0.5, 0.6) is 11.5 Å². The summed E-state index contributed by atoms with van der Waals surface area (Å²) in [4.78, 5) is 24.5. The number of hydrogen-bond donors (Lipinski definition) is 3. The van der Waals surface area contributed by atoms with Gasteiger partial charge in [0.2, 0.25) is 0 Å². The Bertz CT molecular complexity index is 771. The molecule has 2 heterocycles. The predicted molar refractivity (Wildman–Crippen MR) is 92.5 cm³/mol. The van der Waals surface area contributed by atoms with Crippen molar-refractivity contribution in [2.24, 2.45) is 0 Å². The Morgan fingerprint density at radius 1 is 1.22 bits per heavy atom. The summed E-state index contributed by atoms with van der Waals surface area (Å²) in [5, 5.41) is 30.4. The van der Waals surface area contributed by atoms with Crippen molar-refractivity contribution in [3.8, 4) is 11.5 Å². The van der Waals surface area contributed by atoms with Crippen LogP contribution in [-0.4, -0.2) is 58.6 Å². The topological polar surface area (TPSA) is 126 Å². The Hall–Kier alpha value is -2.42. The van der Waals surface area contributed by atoms with E-state index < -0.39 is 42.3 Å². The second-order valence-electron chi connectivity index (χ2n) is 6.71. The maximum atomic E-state index is 12.6. The fourth-order valence-corrected chi connectivity index (χ4v) is 3.10. The van der Waals surface area contributed by atoms with Crippen molar-refractivity contribution in [1.29, 1.82) is 0 Å². The van der Waals surface area contributed by atoms with E-state index >= 15 is 0 Å². The number of epoxide rings is 1. The van der Waals surface area contributed by atoms with Crippen LogP contribution in [0.25, 0.3) is 0 Å². The zero-order valence-corrected chi connectivity index (χ0v) is 15.0. The summed E-state index contributed by atoms with van der Waals surface area (Å²) in [5.74, 6) is -1.31. The summed E-state index contributed by atoms with van der Waals surface area (Å²) < 4.78 is 16.0. The van der Waals surface area contributed by atoms with Gasteiger partial charge in [0.1, 0.15) is 35.4 Å². The standard InChI is InChI=1S/C19H22O8/c1-9-4-3-5-12(20)17(23)14(22)8-15-18(27-15)11-6-10(25-2)7-13(21)16(11)19(24)26-9/h3,5-7,9,14-15,17-18,21-23H,4,8H2,1-2H3/b5-3-/t9-,14-,15-,17+,18?/m0/s1. The SMILES string of the molecule is COc1cc(O)c2c(c1)C1O[C@H]1C[C@H](O)[C@H](O)C(=O)/C=C\C[C@H](C)OC2=O. The van der Waals surface area contributed by atoms with Gasteiger partial charge in [0, 0.05) is 24.5 Å². The van der Waals surface area contributed by atoms with Crippen LogP contribution in [0.3, 0.4) is 0 Å². The van der Waals surface area contributed by atoms with Crippen LogP contribution in [0.1, 0.15) is 41.8 Å². The van der Waals surface area contributed by atoms with E-state index in [1.54, 1.807) is 13.0 Å². The smallest absolute Gasteiger partial charge is 0.342 e. The number of esters is 1. The Morgan fingerprint density at radius 2 is 1.96 bits per heavy atom. The lowest BCUT2D eigenvalue weighted by Gasteiger charge is -2.17. The molecule has 2 aliphatic rings. The lowest BCUT2D eigenvalue weighted by atomic mass is 9.97. The minimum atomic E-state index is -1.56. The molecule has 5 atom stereocenters. The first-order valence-corrected chi connectivity index (χ1v) is 8.65. The molecule has 1 saturated heterocycles.